The van der Waals surface area contributed by atoms with Crippen molar-refractivity contribution in [1.82, 2.24) is 0 Å². The Morgan fingerprint density at radius 3 is 1.56 bits per heavy atom. The average molecular weight is 754 g/mol. The molecule has 0 aliphatic carbocycles. The number of para-hydroxylation sites is 1. The van der Waals surface area contributed by atoms with Crippen molar-refractivity contribution in [3.8, 4) is 44.7 Å². The van der Waals surface area contributed by atoms with Crippen LogP contribution in [0.3, 0.4) is 0 Å². The van der Waals surface area contributed by atoms with Crippen LogP contribution in [0.2, 0.25) is 0 Å². The second-order valence-corrected chi connectivity index (χ2v) is 15.3. The van der Waals surface area contributed by atoms with E-state index in [1.807, 2.05) is 12.1 Å². The first kappa shape index (κ1) is 34.6. The lowest BCUT2D eigenvalue weighted by Gasteiger charge is -2.28. The Bertz CT molecular complexity index is 3310. The van der Waals surface area contributed by atoms with Crippen molar-refractivity contribution in [2.24, 2.45) is 0 Å². The number of furan rings is 1. The molecular weight excluding hydrogens is 715 g/mol. The molecule has 59 heavy (non-hydrogen) atoms. The number of rotatable bonds is 7. The molecule has 0 N–H and O–H groups in total. The van der Waals surface area contributed by atoms with Gasteiger partial charge in [0.2, 0.25) is 0 Å². The topological polar surface area (TPSA) is 16.4 Å². The molecule has 0 atom stereocenters. The van der Waals surface area contributed by atoms with Crippen molar-refractivity contribution in [1.29, 1.82) is 0 Å². The van der Waals surface area contributed by atoms with Crippen molar-refractivity contribution in [2.75, 3.05) is 4.90 Å². The van der Waals surface area contributed by atoms with Gasteiger partial charge < -0.3 is 9.32 Å². The predicted octanol–water partition coefficient (Wildman–Crippen LogP) is 16.3. The molecule has 0 spiro atoms. The normalized spacial score (nSPS) is 11.5. The van der Waals surface area contributed by atoms with Crippen LogP contribution >= 0.6 is 0 Å². The van der Waals surface area contributed by atoms with Crippen LogP contribution in [-0.2, 0) is 0 Å². The first-order valence-electron chi connectivity index (χ1n) is 20.2. The van der Waals surface area contributed by atoms with Crippen molar-refractivity contribution < 1.29 is 4.42 Å². The summed E-state index contributed by atoms with van der Waals surface area (Å²) in [6, 6.07) is 78.8. The fraction of sp³-hybridized carbons (Fsp3) is 0.0175. The Hall–Kier alpha value is -7.68. The Labute approximate surface area is 343 Å². The maximum atomic E-state index is 6.36. The van der Waals surface area contributed by atoms with Crippen LogP contribution in [0, 0.1) is 6.92 Å². The maximum Gasteiger partial charge on any atom is 0.138 e. The summed E-state index contributed by atoms with van der Waals surface area (Å²) in [6.07, 6.45) is 0. The van der Waals surface area contributed by atoms with E-state index in [0.29, 0.717) is 0 Å². The van der Waals surface area contributed by atoms with Crippen LogP contribution in [0.15, 0.2) is 223 Å². The number of hydrogen-bond donors (Lipinski definition) is 0. The third-order valence-corrected chi connectivity index (χ3v) is 11.9. The van der Waals surface area contributed by atoms with Gasteiger partial charge in [-0.15, -0.1) is 0 Å². The quantitative estimate of drug-likeness (QED) is 0.151. The largest absolute Gasteiger partial charge is 0.456 e. The molecule has 278 valence electrons. The first-order valence-corrected chi connectivity index (χ1v) is 20.2. The van der Waals surface area contributed by atoms with E-state index in [0.717, 1.165) is 56.0 Å². The molecule has 0 amide bonds. The fourth-order valence-corrected chi connectivity index (χ4v) is 8.86. The second kappa shape index (κ2) is 14.4. The summed E-state index contributed by atoms with van der Waals surface area (Å²) in [4.78, 5) is 2.40. The van der Waals surface area contributed by atoms with E-state index in [4.69, 9.17) is 4.42 Å². The van der Waals surface area contributed by atoms with Gasteiger partial charge in [0.25, 0.3) is 0 Å². The van der Waals surface area contributed by atoms with Crippen molar-refractivity contribution in [2.45, 2.75) is 6.92 Å². The van der Waals surface area contributed by atoms with Gasteiger partial charge in [-0.1, -0.05) is 176 Å². The van der Waals surface area contributed by atoms with Gasteiger partial charge in [0, 0.05) is 33.3 Å². The van der Waals surface area contributed by atoms with Gasteiger partial charge in [0.15, 0.2) is 0 Å². The van der Waals surface area contributed by atoms with E-state index in [1.54, 1.807) is 0 Å². The van der Waals surface area contributed by atoms with Crippen LogP contribution < -0.4 is 4.90 Å². The van der Waals surface area contributed by atoms with Crippen LogP contribution in [-0.4, -0.2) is 0 Å². The molecule has 1 heterocycles. The molecule has 0 aliphatic rings. The van der Waals surface area contributed by atoms with Gasteiger partial charge in [0.1, 0.15) is 11.3 Å². The molecule has 0 aliphatic heterocycles. The Kier molecular flexibility index (Phi) is 8.41. The number of fused-ring (bicyclic) bond motifs is 5. The number of hydrogen-bond acceptors (Lipinski definition) is 2. The van der Waals surface area contributed by atoms with Crippen LogP contribution in [0.1, 0.15) is 5.56 Å². The van der Waals surface area contributed by atoms with Crippen LogP contribution in [0.4, 0.5) is 17.1 Å². The average Bonchev–Trinajstić information content (AvgIpc) is 3.65. The molecule has 1 aromatic heterocycles. The minimum absolute atomic E-state index is 0.916. The molecule has 0 saturated carbocycles. The third-order valence-electron chi connectivity index (χ3n) is 11.9. The lowest BCUT2D eigenvalue weighted by Crippen LogP contribution is -2.10. The Morgan fingerprint density at radius 2 is 0.847 bits per heavy atom. The molecule has 0 fully saturated rings. The molecule has 0 saturated heterocycles. The summed E-state index contributed by atoms with van der Waals surface area (Å²) in [6.45, 7) is 2.14. The van der Waals surface area contributed by atoms with Gasteiger partial charge in [-0.3, -0.25) is 0 Å². The van der Waals surface area contributed by atoms with Crippen LogP contribution in [0.5, 0.6) is 0 Å². The molecule has 2 nitrogen and oxygen atoms in total. The molecule has 11 aromatic rings. The molecule has 0 bridgehead atoms. The summed E-state index contributed by atoms with van der Waals surface area (Å²) in [5, 5.41) is 8.59. The molecule has 11 rings (SSSR count). The lowest BCUT2D eigenvalue weighted by molar-refractivity contribution is 0.629. The van der Waals surface area contributed by atoms with Gasteiger partial charge in [-0.2, -0.15) is 0 Å². The molecule has 2 heteroatoms. The molecular formula is C57H39NO. The van der Waals surface area contributed by atoms with Gasteiger partial charge >= 0.3 is 0 Å². The van der Waals surface area contributed by atoms with Gasteiger partial charge in [0.05, 0.1) is 5.69 Å². The Morgan fingerprint density at radius 1 is 0.339 bits per heavy atom. The van der Waals surface area contributed by atoms with E-state index in [2.05, 4.69) is 218 Å². The van der Waals surface area contributed by atoms with Crippen molar-refractivity contribution in [3.63, 3.8) is 0 Å². The standard InChI is InChI=1S/C57H39NO/c1-38-49-17-8-9-23-56(49)59-57(38)46-16-10-15-44(36-46)41-30-34-48(35-31-41)58(55-37-45-13-3-5-19-52(45)53-20-6-7-21-54(53)55)47-32-28-40(29-33-47)39-24-26-43(27-25-39)51-22-11-14-42-12-2-4-18-50(42)51/h2-37H,1H3. The smallest absolute Gasteiger partial charge is 0.138 e. The lowest BCUT2D eigenvalue weighted by atomic mass is 9.96. The van der Waals surface area contributed by atoms with Crippen molar-refractivity contribution >= 4 is 60.3 Å². The zero-order chi connectivity index (χ0) is 39.3. The summed E-state index contributed by atoms with van der Waals surface area (Å²) in [5.41, 5.74) is 13.6. The highest BCUT2D eigenvalue weighted by molar-refractivity contribution is 6.14. The third kappa shape index (κ3) is 6.14. The van der Waals surface area contributed by atoms with E-state index in [9.17, 15) is 0 Å². The molecule has 0 unspecified atom stereocenters. The molecule has 0 radical (unpaired) electrons. The highest BCUT2D eigenvalue weighted by atomic mass is 16.3. The summed E-state index contributed by atoms with van der Waals surface area (Å²) in [7, 11) is 0. The minimum Gasteiger partial charge on any atom is -0.456 e. The molecule has 10 aromatic carbocycles. The SMILES string of the molecule is Cc1c(-c2cccc(-c3ccc(N(c4ccc(-c5ccc(-c6cccc7ccccc67)cc5)cc4)c4cc5ccccc5c5ccccc45)cc3)c2)oc2ccccc12. The van der Waals surface area contributed by atoms with E-state index in [-0.39, 0.29) is 0 Å². The van der Waals surface area contributed by atoms with Gasteiger partial charge in [-0.05, 0) is 110 Å². The maximum absolute atomic E-state index is 6.36. The Balaban J connectivity index is 0.978. The first-order chi connectivity index (χ1) is 29.2. The monoisotopic (exact) mass is 753 g/mol. The summed E-state index contributed by atoms with van der Waals surface area (Å²) < 4.78 is 6.36. The van der Waals surface area contributed by atoms with Gasteiger partial charge in [-0.25, -0.2) is 0 Å². The van der Waals surface area contributed by atoms with E-state index >= 15 is 0 Å². The number of aryl methyl sites for hydroxylation is 1. The highest BCUT2D eigenvalue weighted by Gasteiger charge is 2.19. The second-order valence-electron chi connectivity index (χ2n) is 15.3. The number of anilines is 3. The zero-order valence-electron chi connectivity index (χ0n) is 32.6. The minimum atomic E-state index is 0.916. The number of benzene rings is 10. The van der Waals surface area contributed by atoms with E-state index < -0.39 is 0 Å². The number of nitrogens with zero attached hydrogens (tertiary/aromatic N) is 1. The van der Waals surface area contributed by atoms with Crippen LogP contribution in [0.25, 0.3) is 88.0 Å². The predicted molar refractivity (Wildman–Crippen MR) is 250 cm³/mol. The highest BCUT2D eigenvalue weighted by Crippen LogP contribution is 2.43. The summed E-state index contributed by atoms with van der Waals surface area (Å²) in [5.74, 6) is 0.920. The summed E-state index contributed by atoms with van der Waals surface area (Å²) >= 11 is 0. The van der Waals surface area contributed by atoms with E-state index in [1.165, 1.54) is 54.6 Å². The fourth-order valence-electron chi connectivity index (χ4n) is 8.86. The van der Waals surface area contributed by atoms with Crippen molar-refractivity contribution in [3.05, 3.63) is 224 Å². The zero-order valence-corrected chi connectivity index (χ0v) is 32.6.